The first-order valence-corrected chi connectivity index (χ1v) is 9.20. The molecule has 0 radical (unpaired) electrons. The Morgan fingerprint density at radius 3 is 1.85 bits per heavy atom. The van der Waals surface area contributed by atoms with Gasteiger partial charge in [-0.3, -0.25) is 0 Å². The van der Waals surface area contributed by atoms with Crippen LogP contribution in [0, 0.1) is 35.0 Å². The predicted molar refractivity (Wildman–Crippen MR) is 85.3 cm³/mol. The van der Waals surface area contributed by atoms with E-state index < -0.39 is 0 Å². The van der Waals surface area contributed by atoms with Gasteiger partial charge in [0.25, 0.3) is 0 Å². The van der Waals surface area contributed by atoms with Crippen LogP contribution in [0.25, 0.3) is 0 Å². The van der Waals surface area contributed by atoms with Crippen LogP contribution in [-0.4, -0.2) is 0 Å². The Morgan fingerprint density at radius 1 is 0.800 bits per heavy atom. The molecule has 2 aliphatic carbocycles. The molecule has 0 aromatic rings. The average molecular weight is 275 g/mol. The molecule has 0 aromatic carbocycles. The molecule has 0 aliphatic heterocycles. The van der Waals surface area contributed by atoms with Gasteiger partial charge in [-0.1, -0.05) is 45.4 Å². The maximum atomic E-state index is 8.80. The molecule has 114 valence electrons. The molecule has 2 saturated carbocycles. The van der Waals surface area contributed by atoms with Crippen LogP contribution < -0.4 is 0 Å². The van der Waals surface area contributed by atoms with E-state index in [1.165, 1.54) is 77.0 Å². The van der Waals surface area contributed by atoms with Crippen LogP contribution in [0.3, 0.4) is 0 Å². The van der Waals surface area contributed by atoms with Crippen LogP contribution >= 0.6 is 0 Å². The van der Waals surface area contributed by atoms with Gasteiger partial charge >= 0.3 is 0 Å². The van der Waals surface area contributed by atoms with E-state index in [1.54, 1.807) is 0 Å². The number of nitriles is 1. The molecule has 0 aromatic heterocycles. The van der Waals surface area contributed by atoms with Gasteiger partial charge in [-0.05, 0) is 62.2 Å². The summed E-state index contributed by atoms with van der Waals surface area (Å²) in [4.78, 5) is 0. The third-order valence-corrected chi connectivity index (χ3v) is 6.05. The zero-order valence-electron chi connectivity index (χ0n) is 13.4. The highest BCUT2D eigenvalue weighted by Crippen LogP contribution is 2.42. The standard InChI is InChI=1S/C19H33N/c1-2-3-4-5-16-6-10-18(11-7-16)19-12-8-17(9-13-19)14-15-20/h16-19H,2-14H2,1H3/t16-,17-,18-,19-. The van der Waals surface area contributed by atoms with Crippen molar-refractivity contribution >= 4 is 0 Å². The van der Waals surface area contributed by atoms with E-state index >= 15 is 0 Å². The summed E-state index contributed by atoms with van der Waals surface area (Å²) in [6.45, 7) is 2.31. The SMILES string of the molecule is CCCCC[C@H]1CC[C@H]([C@H]2CC[C@H](CC#N)CC2)CC1. The molecule has 0 unspecified atom stereocenters. The van der Waals surface area contributed by atoms with Gasteiger partial charge in [0.1, 0.15) is 0 Å². The minimum absolute atomic E-state index is 0.724. The second-order valence-electron chi connectivity index (χ2n) is 7.42. The molecule has 0 spiro atoms. The minimum Gasteiger partial charge on any atom is -0.198 e. The predicted octanol–water partition coefficient (Wildman–Crippen LogP) is 6.09. The van der Waals surface area contributed by atoms with Crippen molar-refractivity contribution in [2.24, 2.45) is 23.7 Å². The summed E-state index contributed by atoms with van der Waals surface area (Å²) >= 11 is 0. The van der Waals surface area contributed by atoms with Gasteiger partial charge in [0.05, 0.1) is 6.07 Å². The minimum atomic E-state index is 0.724. The fourth-order valence-electron chi connectivity index (χ4n) is 4.62. The van der Waals surface area contributed by atoms with E-state index in [9.17, 15) is 0 Å². The maximum absolute atomic E-state index is 8.80. The third-order valence-electron chi connectivity index (χ3n) is 6.05. The molecule has 1 nitrogen and oxygen atoms in total. The average Bonchev–Trinajstić information content (AvgIpc) is 2.49. The zero-order chi connectivity index (χ0) is 14.2. The quantitative estimate of drug-likeness (QED) is 0.538. The van der Waals surface area contributed by atoms with Crippen LogP contribution in [0.15, 0.2) is 0 Å². The van der Waals surface area contributed by atoms with Crippen molar-refractivity contribution < 1.29 is 0 Å². The lowest BCUT2D eigenvalue weighted by molar-refractivity contribution is 0.143. The van der Waals surface area contributed by atoms with Crippen molar-refractivity contribution in [2.45, 2.75) is 90.4 Å². The summed E-state index contributed by atoms with van der Waals surface area (Å²) < 4.78 is 0. The second-order valence-corrected chi connectivity index (χ2v) is 7.42. The number of hydrogen-bond donors (Lipinski definition) is 0. The van der Waals surface area contributed by atoms with E-state index in [0.717, 1.165) is 30.1 Å². The Hall–Kier alpha value is -0.510. The van der Waals surface area contributed by atoms with Crippen LogP contribution in [0.5, 0.6) is 0 Å². The molecule has 0 atom stereocenters. The largest absolute Gasteiger partial charge is 0.198 e. The first kappa shape index (κ1) is 15.9. The molecule has 2 rings (SSSR count). The molecule has 0 bridgehead atoms. The molecule has 0 N–H and O–H groups in total. The van der Waals surface area contributed by atoms with Crippen LogP contribution in [0.4, 0.5) is 0 Å². The van der Waals surface area contributed by atoms with Gasteiger partial charge in [0.2, 0.25) is 0 Å². The van der Waals surface area contributed by atoms with Crippen molar-refractivity contribution in [3.8, 4) is 6.07 Å². The number of hydrogen-bond acceptors (Lipinski definition) is 1. The van der Waals surface area contributed by atoms with Crippen molar-refractivity contribution in [1.82, 2.24) is 0 Å². The Labute approximate surface area is 126 Å². The second kappa shape index (κ2) is 8.71. The van der Waals surface area contributed by atoms with Gasteiger partial charge in [-0.15, -0.1) is 0 Å². The smallest absolute Gasteiger partial charge is 0.0624 e. The van der Waals surface area contributed by atoms with Crippen LogP contribution in [0.1, 0.15) is 90.4 Å². The molecule has 0 heterocycles. The van der Waals surface area contributed by atoms with Gasteiger partial charge < -0.3 is 0 Å². The van der Waals surface area contributed by atoms with Crippen molar-refractivity contribution in [2.75, 3.05) is 0 Å². The molecule has 2 aliphatic rings. The Kier molecular flexibility index (Phi) is 6.91. The highest BCUT2D eigenvalue weighted by Gasteiger charge is 2.30. The molecular weight excluding hydrogens is 242 g/mol. The summed E-state index contributed by atoms with van der Waals surface area (Å²) in [6, 6.07) is 2.36. The van der Waals surface area contributed by atoms with Crippen molar-refractivity contribution in [1.29, 1.82) is 5.26 Å². The number of nitrogens with zero attached hydrogens (tertiary/aromatic N) is 1. The Bertz CT molecular complexity index is 287. The topological polar surface area (TPSA) is 23.8 Å². The highest BCUT2D eigenvalue weighted by molar-refractivity contribution is 4.85. The summed E-state index contributed by atoms with van der Waals surface area (Å²) in [5, 5.41) is 8.80. The van der Waals surface area contributed by atoms with Crippen LogP contribution in [0.2, 0.25) is 0 Å². The van der Waals surface area contributed by atoms with Gasteiger partial charge in [-0.25, -0.2) is 0 Å². The van der Waals surface area contributed by atoms with E-state index in [-0.39, 0.29) is 0 Å². The normalized spacial score (nSPS) is 34.6. The molecular formula is C19H33N. The Morgan fingerprint density at radius 2 is 1.35 bits per heavy atom. The zero-order valence-corrected chi connectivity index (χ0v) is 13.4. The first-order valence-electron chi connectivity index (χ1n) is 9.20. The van der Waals surface area contributed by atoms with E-state index in [4.69, 9.17) is 5.26 Å². The monoisotopic (exact) mass is 275 g/mol. The fourth-order valence-corrected chi connectivity index (χ4v) is 4.62. The Balaban J connectivity index is 1.63. The molecule has 0 amide bonds. The van der Waals surface area contributed by atoms with Crippen molar-refractivity contribution in [3.63, 3.8) is 0 Å². The summed E-state index contributed by atoms with van der Waals surface area (Å²) in [5.41, 5.74) is 0. The van der Waals surface area contributed by atoms with Gasteiger partial charge in [-0.2, -0.15) is 5.26 Å². The summed E-state index contributed by atoms with van der Waals surface area (Å²) in [7, 11) is 0. The molecule has 20 heavy (non-hydrogen) atoms. The molecule has 2 fully saturated rings. The van der Waals surface area contributed by atoms with E-state index in [0.29, 0.717) is 0 Å². The lowest BCUT2D eigenvalue weighted by atomic mass is 9.68. The number of unbranched alkanes of at least 4 members (excludes halogenated alkanes) is 2. The van der Waals surface area contributed by atoms with Crippen molar-refractivity contribution in [3.05, 3.63) is 0 Å². The summed E-state index contributed by atoms with van der Waals surface area (Å²) in [6.07, 6.45) is 18.1. The van der Waals surface area contributed by atoms with Gasteiger partial charge in [0, 0.05) is 6.42 Å². The third kappa shape index (κ3) is 4.80. The highest BCUT2D eigenvalue weighted by atomic mass is 14.4. The molecule has 0 saturated heterocycles. The lowest BCUT2D eigenvalue weighted by Gasteiger charge is -2.37. The van der Waals surface area contributed by atoms with E-state index in [1.807, 2.05) is 0 Å². The lowest BCUT2D eigenvalue weighted by Crippen LogP contribution is -2.25. The molecule has 1 heteroatoms. The van der Waals surface area contributed by atoms with Crippen LogP contribution in [-0.2, 0) is 0 Å². The first-order chi connectivity index (χ1) is 9.83. The fraction of sp³-hybridized carbons (Fsp3) is 0.947. The van der Waals surface area contributed by atoms with E-state index in [2.05, 4.69) is 13.0 Å². The maximum Gasteiger partial charge on any atom is 0.0624 e. The summed E-state index contributed by atoms with van der Waals surface area (Å²) in [5.74, 6) is 3.80. The number of rotatable bonds is 6. The van der Waals surface area contributed by atoms with Gasteiger partial charge in [0.15, 0.2) is 0 Å².